The van der Waals surface area contributed by atoms with Gasteiger partial charge >= 0.3 is 5.97 Å². The number of carboxylic acid groups (broad SMARTS) is 1. The van der Waals surface area contributed by atoms with Gasteiger partial charge in [0.2, 0.25) is 10.0 Å². The van der Waals surface area contributed by atoms with Gasteiger partial charge in [0, 0.05) is 6.04 Å². The largest absolute Gasteiger partial charge is 0.497 e. The number of methoxy groups -OCH3 is 1. The van der Waals surface area contributed by atoms with E-state index in [1.54, 1.807) is 36.4 Å². The van der Waals surface area contributed by atoms with Crippen LogP contribution in [0.25, 0.3) is 0 Å². The predicted molar refractivity (Wildman–Crippen MR) is 119 cm³/mol. The van der Waals surface area contributed by atoms with Crippen molar-refractivity contribution < 1.29 is 23.1 Å². The number of aromatic carboxylic acids is 1. The van der Waals surface area contributed by atoms with Crippen molar-refractivity contribution in [3.8, 4) is 5.75 Å². The normalized spacial score (nSPS) is 12.3. The Labute approximate surface area is 182 Å². The van der Waals surface area contributed by atoms with Crippen LogP contribution >= 0.6 is 0 Å². The van der Waals surface area contributed by atoms with Gasteiger partial charge in [0.05, 0.1) is 17.6 Å². The second kappa shape index (κ2) is 9.76. The number of ether oxygens (including phenoxy) is 1. The third-order valence-corrected chi connectivity index (χ3v) is 6.53. The van der Waals surface area contributed by atoms with Gasteiger partial charge in [-0.3, -0.25) is 0 Å². The molecule has 0 saturated heterocycles. The molecule has 0 aliphatic rings. The Kier molecular flexibility index (Phi) is 7.09. The van der Waals surface area contributed by atoms with Crippen molar-refractivity contribution in [3.63, 3.8) is 0 Å². The van der Waals surface area contributed by atoms with Crippen LogP contribution < -0.4 is 9.46 Å². The van der Waals surface area contributed by atoms with E-state index in [9.17, 15) is 18.3 Å². The summed E-state index contributed by atoms with van der Waals surface area (Å²) in [7, 11) is -2.32. The number of sulfonamides is 1. The molecule has 0 aliphatic carbocycles. The lowest BCUT2D eigenvalue weighted by molar-refractivity contribution is 0.0695. The van der Waals surface area contributed by atoms with Crippen molar-refractivity contribution in [2.75, 3.05) is 7.11 Å². The van der Waals surface area contributed by atoms with E-state index in [1.807, 2.05) is 37.3 Å². The first-order valence-electron chi connectivity index (χ1n) is 9.81. The summed E-state index contributed by atoms with van der Waals surface area (Å²) in [5.74, 6) is -0.658. The fraction of sp³-hybridized carbons (Fsp3) is 0.208. The van der Waals surface area contributed by atoms with Crippen LogP contribution in [-0.2, 0) is 22.9 Å². The lowest BCUT2D eigenvalue weighted by Gasteiger charge is -2.20. The quantitative estimate of drug-likeness (QED) is 0.529. The number of carboxylic acids is 1. The monoisotopic (exact) mass is 439 g/mol. The van der Waals surface area contributed by atoms with Gasteiger partial charge in [0.25, 0.3) is 0 Å². The standard InChI is InChI=1S/C24H25NO5S/c1-17-8-12-22(13-9-17)31(28,29)25-20(14-18-6-4-3-5-7-18)15-19-10-11-21(30-2)16-23(19)24(26)27/h3-13,16,20,25H,14-15H2,1-2H3,(H,26,27). The molecule has 0 aromatic heterocycles. The number of benzene rings is 3. The molecule has 31 heavy (non-hydrogen) atoms. The molecule has 0 bridgehead atoms. The highest BCUT2D eigenvalue weighted by Crippen LogP contribution is 2.21. The maximum Gasteiger partial charge on any atom is 0.336 e. The lowest BCUT2D eigenvalue weighted by atomic mass is 9.96. The molecule has 1 atom stereocenters. The predicted octanol–water partition coefficient (Wildman–Crippen LogP) is 3.83. The van der Waals surface area contributed by atoms with E-state index in [-0.39, 0.29) is 16.9 Å². The van der Waals surface area contributed by atoms with Gasteiger partial charge in [-0.2, -0.15) is 0 Å². The first kappa shape index (κ1) is 22.5. The molecule has 0 aliphatic heterocycles. The fourth-order valence-corrected chi connectivity index (χ4v) is 4.62. The van der Waals surface area contributed by atoms with Crippen molar-refractivity contribution in [1.82, 2.24) is 4.72 Å². The second-order valence-corrected chi connectivity index (χ2v) is 9.07. The summed E-state index contributed by atoms with van der Waals surface area (Å²) in [5.41, 5.74) is 2.53. The minimum atomic E-state index is -3.78. The van der Waals surface area contributed by atoms with Crippen LogP contribution in [0.5, 0.6) is 5.75 Å². The number of rotatable bonds is 9. The Morgan fingerprint density at radius 2 is 1.68 bits per heavy atom. The van der Waals surface area contributed by atoms with Crippen LogP contribution in [0.4, 0.5) is 0 Å². The van der Waals surface area contributed by atoms with Crippen LogP contribution in [0.15, 0.2) is 77.7 Å². The Morgan fingerprint density at radius 1 is 1.00 bits per heavy atom. The molecule has 3 aromatic rings. The lowest BCUT2D eigenvalue weighted by Crippen LogP contribution is -2.38. The van der Waals surface area contributed by atoms with E-state index in [1.165, 1.54) is 13.2 Å². The molecule has 0 amide bonds. The average molecular weight is 440 g/mol. The number of hydrogen-bond donors (Lipinski definition) is 2. The van der Waals surface area contributed by atoms with Crippen molar-refractivity contribution in [1.29, 1.82) is 0 Å². The molecule has 1 unspecified atom stereocenters. The smallest absolute Gasteiger partial charge is 0.336 e. The highest BCUT2D eigenvalue weighted by atomic mass is 32.2. The summed E-state index contributed by atoms with van der Waals surface area (Å²) in [6.07, 6.45) is 0.628. The topological polar surface area (TPSA) is 92.7 Å². The number of hydrogen-bond acceptors (Lipinski definition) is 4. The van der Waals surface area contributed by atoms with Crippen LogP contribution in [-0.4, -0.2) is 32.6 Å². The van der Waals surface area contributed by atoms with Gasteiger partial charge in [-0.15, -0.1) is 0 Å². The van der Waals surface area contributed by atoms with Gasteiger partial charge < -0.3 is 9.84 Å². The summed E-state index contributed by atoms with van der Waals surface area (Å²) in [6.45, 7) is 1.89. The van der Waals surface area contributed by atoms with Crippen molar-refractivity contribution in [3.05, 3.63) is 95.1 Å². The first-order valence-corrected chi connectivity index (χ1v) is 11.3. The van der Waals surface area contributed by atoms with E-state index in [2.05, 4.69) is 4.72 Å². The zero-order valence-electron chi connectivity index (χ0n) is 17.4. The molecule has 0 saturated carbocycles. The number of carbonyl (C=O) groups is 1. The van der Waals surface area contributed by atoms with Crippen molar-refractivity contribution in [2.45, 2.75) is 30.7 Å². The van der Waals surface area contributed by atoms with E-state index in [4.69, 9.17) is 4.74 Å². The van der Waals surface area contributed by atoms with E-state index < -0.39 is 22.0 Å². The molecule has 2 N–H and O–H groups in total. The second-order valence-electron chi connectivity index (χ2n) is 7.35. The van der Waals surface area contributed by atoms with E-state index in [0.29, 0.717) is 17.7 Å². The molecule has 0 fully saturated rings. The van der Waals surface area contributed by atoms with Gasteiger partial charge in [0.1, 0.15) is 5.75 Å². The molecule has 3 aromatic carbocycles. The Bertz CT molecular complexity index is 1140. The number of aryl methyl sites for hydroxylation is 1. The van der Waals surface area contributed by atoms with Crippen molar-refractivity contribution in [2.24, 2.45) is 0 Å². The zero-order valence-corrected chi connectivity index (χ0v) is 18.2. The SMILES string of the molecule is COc1ccc(CC(Cc2ccccc2)NS(=O)(=O)c2ccc(C)cc2)c(C(=O)O)c1. The summed E-state index contributed by atoms with van der Waals surface area (Å²) >= 11 is 0. The maximum absolute atomic E-state index is 13.0. The molecular weight excluding hydrogens is 414 g/mol. The Balaban J connectivity index is 1.93. The third kappa shape index (κ3) is 5.93. The van der Waals surface area contributed by atoms with Gasteiger partial charge in [-0.05, 0) is 55.2 Å². The molecule has 0 spiro atoms. The molecular formula is C24H25NO5S. The molecule has 3 rings (SSSR count). The minimum Gasteiger partial charge on any atom is -0.497 e. The minimum absolute atomic E-state index is 0.0898. The van der Waals surface area contributed by atoms with E-state index in [0.717, 1.165) is 11.1 Å². The highest BCUT2D eigenvalue weighted by molar-refractivity contribution is 7.89. The van der Waals surface area contributed by atoms with Crippen LogP contribution in [0.1, 0.15) is 27.0 Å². The highest BCUT2D eigenvalue weighted by Gasteiger charge is 2.23. The molecule has 0 radical (unpaired) electrons. The summed E-state index contributed by atoms with van der Waals surface area (Å²) in [5, 5.41) is 9.63. The maximum atomic E-state index is 13.0. The van der Waals surface area contributed by atoms with Gasteiger partial charge in [-0.25, -0.2) is 17.9 Å². The number of nitrogens with one attached hydrogen (secondary N) is 1. The molecule has 0 heterocycles. The average Bonchev–Trinajstić information content (AvgIpc) is 2.74. The van der Waals surface area contributed by atoms with Crippen LogP contribution in [0.3, 0.4) is 0 Å². The Hall–Kier alpha value is -3.16. The first-order chi connectivity index (χ1) is 14.8. The third-order valence-electron chi connectivity index (χ3n) is 4.99. The zero-order chi connectivity index (χ0) is 22.4. The molecule has 162 valence electrons. The summed E-state index contributed by atoms with van der Waals surface area (Å²) < 4.78 is 33.9. The Morgan fingerprint density at radius 3 is 2.29 bits per heavy atom. The fourth-order valence-electron chi connectivity index (χ4n) is 3.38. The molecule has 7 heteroatoms. The van der Waals surface area contributed by atoms with Gasteiger partial charge in [0.15, 0.2) is 0 Å². The van der Waals surface area contributed by atoms with Crippen molar-refractivity contribution >= 4 is 16.0 Å². The van der Waals surface area contributed by atoms with Gasteiger partial charge in [-0.1, -0.05) is 54.1 Å². The van der Waals surface area contributed by atoms with Crippen LogP contribution in [0.2, 0.25) is 0 Å². The summed E-state index contributed by atoms with van der Waals surface area (Å²) in [6, 6.07) is 20.4. The van der Waals surface area contributed by atoms with E-state index >= 15 is 0 Å². The molecule has 6 nitrogen and oxygen atoms in total. The van der Waals surface area contributed by atoms with Crippen LogP contribution in [0, 0.1) is 6.92 Å². The summed E-state index contributed by atoms with van der Waals surface area (Å²) in [4.78, 5) is 11.9.